The number of ether oxygens (including phenoxy) is 2. The fourth-order valence-corrected chi connectivity index (χ4v) is 3.40. The summed E-state index contributed by atoms with van der Waals surface area (Å²) in [5.41, 5.74) is 2.54. The molecule has 164 valence electrons. The molecular formula is C23H21N3O6. The van der Waals surface area contributed by atoms with Crippen LogP contribution in [0.5, 0.6) is 5.75 Å². The lowest BCUT2D eigenvalue weighted by atomic mass is 10.1. The number of aliphatic hydroxyl groups excluding tert-OH is 1. The number of nitrogens with one attached hydrogen (secondary N) is 3. The van der Waals surface area contributed by atoms with Gasteiger partial charge in [-0.05, 0) is 41.8 Å². The van der Waals surface area contributed by atoms with E-state index in [1.165, 1.54) is 7.11 Å². The molecule has 0 fully saturated rings. The van der Waals surface area contributed by atoms with E-state index in [1.54, 1.807) is 18.2 Å². The van der Waals surface area contributed by atoms with Crippen molar-refractivity contribution in [3.63, 3.8) is 0 Å². The monoisotopic (exact) mass is 435 g/mol. The van der Waals surface area contributed by atoms with Gasteiger partial charge in [-0.1, -0.05) is 18.2 Å². The molecule has 0 aliphatic heterocycles. The Morgan fingerprint density at radius 2 is 1.81 bits per heavy atom. The number of H-pyrrole nitrogens is 2. The normalized spacial score (nSPS) is 11.9. The number of fused-ring (bicyclic) bond motifs is 2. The van der Waals surface area contributed by atoms with Gasteiger partial charge in [0.15, 0.2) is 12.6 Å². The lowest BCUT2D eigenvalue weighted by Gasteiger charge is -2.14. The second kappa shape index (κ2) is 8.94. The second-order valence-electron chi connectivity index (χ2n) is 7.15. The van der Waals surface area contributed by atoms with Crippen LogP contribution in [0.4, 0.5) is 0 Å². The Kier molecular flexibility index (Phi) is 5.91. The van der Waals surface area contributed by atoms with Crippen molar-refractivity contribution in [2.24, 2.45) is 0 Å². The van der Waals surface area contributed by atoms with E-state index < -0.39 is 24.5 Å². The van der Waals surface area contributed by atoms with Crippen molar-refractivity contribution in [3.8, 4) is 17.0 Å². The van der Waals surface area contributed by atoms with Crippen LogP contribution in [0.15, 0.2) is 59.4 Å². The van der Waals surface area contributed by atoms with E-state index in [0.717, 1.165) is 21.8 Å². The van der Waals surface area contributed by atoms with E-state index in [2.05, 4.69) is 20.0 Å². The maximum atomic E-state index is 12.5. The minimum absolute atomic E-state index is 0.201. The Morgan fingerprint density at radius 3 is 2.59 bits per heavy atom. The molecule has 0 aliphatic rings. The first kappa shape index (κ1) is 21.1. The van der Waals surface area contributed by atoms with Gasteiger partial charge in [0.25, 0.3) is 11.5 Å². The predicted octanol–water partition coefficient (Wildman–Crippen LogP) is 1.71. The molecule has 32 heavy (non-hydrogen) atoms. The largest absolute Gasteiger partial charge is 0.484 e. The van der Waals surface area contributed by atoms with Gasteiger partial charge < -0.3 is 29.9 Å². The molecule has 2 aromatic carbocycles. The van der Waals surface area contributed by atoms with Crippen LogP contribution < -0.4 is 15.6 Å². The number of hydrogen-bond acceptors (Lipinski definition) is 6. The Balaban J connectivity index is 1.51. The van der Waals surface area contributed by atoms with E-state index in [9.17, 15) is 14.4 Å². The molecule has 0 aliphatic carbocycles. The highest BCUT2D eigenvalue weighted by molar-refractivity contribution is 5.89. The summed E-state index contributed by atoms with van der Waals surface area (Å²) in [6.45, 7) is -0.926. The molecule has 0 bridgehead atoms. The number of hydrogen-bond donors (Lipinski definition) is 4. The van der Waals surface area contributed by atoms with Crippen LogP contribution >= 0.6 is 0 Å². The van der Waals surface area contributed by atoms with Gasteiger partial charge in [0, 0.05) is 16.4 Å². The maximum absolute atomic E-state index is 12.5. The van der Waals surface area contributed by atoms with E-state index in [4.69, 9.17) is 9.84 Å². The first-order chi connectivity index (χ1) is 15.5. The summed E-state index contributed by atoms with van der Waals surface area (Å²) in [6.07, 6.45) is 0. The lowest BCUT2D eigenvalue weighted by molar-refractivity contribution is -0.146. The van der Waals surface area contributed by atoms with Crippen molar-refractivity contribution in [2.45, 2.75) is 6.04 Å². The second-order valence-corrected chi connectivity index (χ2v) is 7.15. The fraction of sp³-hybridized carbons (Fsp3) is 0.174. The summed E-state index contributed by atoms with van der Waals surface area (Å²) in [6, 6.07) is 15.3. The number of aliphatic hydroxyl groups is 1. The van der Waals surface area contributed by atoms with Gasteiger partial charge in [0.05, 0.1) is 25.0 Å². The van der Waals surface area contributed by atoms with Crippen molar-refractivity contribution in [1.29, 1.82) is 0 Å². The zero-order valence-corrected chi connectivity index (χ0v) is 17.2. The summed E-state index contributed by atoms with van der Waals surface area (Å²) in [5.74, 6) is -0.887. The van der Waals surface area contributed by atoms with Crippen LogP contribution in [0.25, 0.3) is 33.1 Å². The average Bonchev–Trinajstić information content (AvgIpc) is 3.23. The van der Waals surface area contributed by atoms with Crippen LogP contribution in [-0.4, -0.2) is 53.3 Å². The number of carbonyl (C=O) groups excluding carboxylic acids is 2. The van der Waals surface area contributed by atoms with Crippen molar-refractivity contribution >= 4 is 33.7 Å². The van der Waals surface area contributed by atoms with Crippen LogP contribution in [0, 0.1) is 0 Å². The zero-order chi connectivity index (χ0) is 22.7. The number of carbonyl (C=O) groups is 2. The van der Waals surface area contributed by atoms with Crippen LogP contribution in [0.2, 0.25) is 0 Å². The number of benzene rings is 2. The van der Waals surface area contributed by atoms with Gasteiger partial charge in [0.2, 0.25) is 0 Å². The highest BCUT2D eigenvalue weighted by atomic mass is 16.5. The topological polar surface area (TPSA) is 134 Å². The summed E-state index contributed by atoms with van der Waals surface area (Å²) in [7, 11) is 1.17. The van der Waals surface area contributed by atoms with E-state index >= 15 is 0 Å². The molecular weight excluding hydrogens is 414 g/mol. The Labute approximate surface area is 182 Å². The number of rotatable bonds is 7. The molecule has 0 saturated heterocycles. The maximum Gasteiger partial charge on any atom is 0.330 e. The molecule has 4 N–H and O–H groups in total. The van der Waals surface area contributed by atoms with E-state index in [1.807, 2.05) is 36.4 Å². The number of pyridine rings is 1. The van der Waals surface area contributed by atoms with Gasteiger partial charge in [-0.2, -0.15) is 0 Å². The Morgan fingerprint density at radius 1 is 1.03 bits per heavy atom. The molecule has 0 spiro atoms. The molecule has 2 aromatic heterocycles. The van der Waals surface area contributed by atoms with Crippen LogP contribution in [0.3, 0.4) is 0 Å². The molecule has 1 amide bonds. The van der Waals surface area contributed by atoms with Gasteiger partial charge in [-0.15, -0.1) is 0 Å². The van der Waals surface area contributed by atoms with Crippen LogP contribution in [0.1, 0.15) is 0 Å². The Bertz CT molecular complexity index is 1360. The third-order valence-corrected chi connectivity index (χ3v) is 5.01. The molecule has 0 saturated carbocycles. The third kappa shape index (κ3) is 4.33. The fourth-order valence-electron chi connectivity index (χ4n) is 3.40. The first-order valence-electron chi connectivity index (χ1n) is 9.84. The standard InChI is InChI=1S/C23H21N3O6/c1-31-23(30)20(11-27)25-21(28)12-32-15-6-7-18-14(8-15)10-19(24-18)16-9-13-4-2-3-5-17(13)26-22(16)29/h2-10,20,24,27H,11-12H2,1H3,(H,25,28)(H,26,29). The van der Waals surface area contributed by atoms with Gasteiger partial charge in [0.1, 0.15) is 5.75 Å². The number of methoxy groups -OCH3 is 1. The lowest BCUT2D eigenvalue weighted by Crippen LogP contribution is -2.45. The molecule has 9 heteroatoms. The van der Waals surface area contributed by atoms with Crippen molar-refractivity contribution in [2.75, 3.05) is 20.3 Å². The minimum Gasteiger partial charge on any atom is -0.484 e. The highest BCUT2D eigenvalue weighted by Gasteiger charge is 2.20. The molecule has 0 radical (unpaired) electrons. The number of para-hydroxylation sites is 1. The van der Waals surface area contributed by atoms with E-state index in [0.29, 0.717) is 17.0 Å². The summed E-state index contributed by atoms with van der Waals surface area (Å²) < 4.78 is 10.0. The number of aromatic amines is 2. The SMILES string of the molecule is COC(=O)C(CO)NC(=O)COc1ccc2[nH]c(-c3cc4ccccc4[nH]c3=O)cc2c1. The van der Waals surface area contributed by atoms with Crippen molar-refractivity contribution in [3.05, 3.63) is 65.0 Å². The summed E-state index contributed by atoms with van der Waals surface area (Å²) in [4.78, 5) is 42.1. The molecule has 1 atom stereocenters. The molecule has 4 aromatic rings. The summed E-state index contributed by atoms with van der Waals surface area (Å²) in [5, 5.41) is 13.2. The quantitative estimate of drug-likeness (QED) is 0.327. The minimum atomic E-state index is -1.15. The highest BCUT2D eigenvalue weighted by Crippen LogP contribution is 2.26. The number of aromatic nitrogens is 2. The van der Waals surface area contributed by atoms with E-state index in [-0.39, 0.29) is 12.2 Å². The first-order valence-corrected chi connectivity index (χ1v) is 9.84. The van der Waals surface area contributed by atoms with Gasteiger partial charge in [-0.3, -0.25) is 9.59 Å². The molecule has 1 unspecified atom stereocenters. The van der Waals surface area contributed by atoms with Gasteiger partial charge in [-0.25, -0.2) is 4.79 Å². The Hall–Kier alpha value is -4.11. The third-order valence-electron chi connectivity index (χ3n) is 5.01. The molecule has 9 nitrogen and oxygen atoms in total. The van der Waals surface area contributed by atoms with Crippen LogP contribution in [-0.2, 0) is 14.3 Å². The molecule has 2 heterocycles. The van der Waals surface area contributed by atoms with Crippen molar-refractivity contribution < 1.29 is 24.2 Å². The predicted molar refractivity (Wildman–Crippen MR) is 118 cm³/mol. The number of amides is 1. The zero-order valence-electron chi connectivity index (χ0n) is 17.2. The summed E-state index contributed by atoms with van der Waals surface area (Å²) >= 11 is 0. The van der Waals surface area contributed by atoms with Crippen molar-refractivity contribution in [1.82, 2.24) is 15.3 Å². The smallest absolute Gasteiger partial charge is 0.330 e. The van der Waals surface area contributed by atoms with Gasteiger partial charge >= 0.3 is 5.97 Å². The average molecular weight is 435 g/mol. The number of esters is 1. The molecule has 4 rings (SSSR count).